The molecule has 32 heavy (non-hydrogen) atoms. The molecule has 3 N–H and O–H groups in total. The van der Waals surface area contributed by atoms with Crippen LogP contribution in [-0.2, 0) is 6.18 Å². The quantitative estimate of drug-likeness (QED) is 0.537. The Kier molecular flexibility index (Phi) is 5.53. The monoisotopic (exact) mass is 476 g/mol. The van der Waals surface area contributed by atoms with E-state index in [1.165, 1.54) is 17.0 Å². The van der Waals surface area contributed by atoms with Gasteiger partial charge in [-0.05, 0) is 24.3 Å². The van der Waals surface area contributed by atoms with Gasteiger partial charge in [0.1, 0.15) is 24.0 Å². The third kappa shape index (κ3) is 4.24. The molecule has 0 spiro atoms. The molecule has 0 amide bonds. The zero-order valence-corrected chi connectivity index (χ0v) is 16.9. The second-order valence-corrected chi connectivity index (χ2v) is 7.58. The van der Waals surface area contributed by atoms with Crippen LogP contribution in [0.25, 0.3) is 22.2 Å². The molecule has 1 aromatic carbocycles. The Labute approximate surface area is 182 Å². The van der Waals surface area contributed by atoms with E-state index in [2.05, 4.69) is 20.3 Å². The molecule has 1 atom stereocenters. The van der Waals surface area contributed by atoms with Crippen LogP contribution >= 0.6 is 11.6 Å². The molecule has 4 rings (SSSR count). The van der Waals surface area contributed by atoms with Gasteiger partial charge in [0.15, 0.2) is 0 Å². The molecule has 13 heteroatoms. The Balaban J connectivity index is 1.82. The summed E-state index contributed by atoms with van der Waals surface area (Å²) in [6.45, 7) is -0.0688. The van der Waals surface area contributed by atoms with Gasteiger partial charge in [-0.3, -0.25) is 0 Å². The summed E-state index contributed by atoms with van der Waals surface area (Å²) < 4.78 is 80.0. The van der Waals surface area contributed by atoms with E-state index in [1.807, 2.05) is 0 Å². The van der Waals surface area contributed by atoms with E-state index in [0.29, 0.717) is 5.39 Å². The molecule has 2 aromatic heterocycles. The second-order valence-electron chi connectivity index (χ2n) is 7.17. The predicted molar refractivity (Wildman–Crippen MR) is 107 cm³/mol. The van der Waals surface area contributed by atoms with Crippen LogP contribution < -0.4 is 16.0 Å². The zero-order valence-electron chi connectivity index (χ0n) is 16.1. The Morgan fingerprint density at radius 2 is 1.84 bits per heavy atom. The number of anilines is 2. The Morgan fingerprint density at radius 1 is 1.09 bits per heavy atom. The number of alkyl halides is 6. The fraction of sp³-hybridized carbons (Fsp3) is 0.316. The van der Waals surface area contributed by atoms with Crippen LogP contribution in [-0.4, -0.2) is 46.8 Å². The first-order valence-corrected chi connectivity index (χ1v) is 9.66. The first-order valence-electron chi connectivity index (χ1n) is 9.28. The van der Waals surface area contributed by atoms with Crippen LogP contribution in [0.1, 0.15) is 5.56 Å². The number of rotatable bonds is 2. The third-order valence-electron chi connectivity index (χ3n) is 5.05. The largest absolute Gasteiger partial charge is 0.418 e. The van der Waals surface area contributed by atoms with Crippen molar-refractivity contribution in [1.29, 1.82) is 0 Å². The molecule has 1 aliphatic heterocycles. The maximum Gasteiger partial charge on any atom is 0.418 e. The van der Waals surface area contributed by atoms with Crippen molar-refractivity contribution in [3.63, 3.8) is 0 Å². The number of nitrogens with zero attached hydrogens (tertiary/aromatic N) is 4. The van der Waals surface area contributed by atoms with Crippen LogP contribution in [0.4, 0.5) is 38.0 Å². The molecule has 0 aliphatic carbocycles. The lowest BCUT2D eigenvalue weighted by Crippen LogP contribution is -2.57. The number of nitrogens with one attached hydrogen (secondary N) is 1. The van der Waals surface area contributed by atoms with Gasteiger partial charge >= 0.3 is 12.4 Å². The first-order chi connectivity index (χ1) is 14.9. The minimum Gasteiger partial charge on any atom is -0.384 e. The lowest BCUT2D eigenvalue weighted by Gasteiger charge is -2.35. The summed E-state index contributed by atoms with van der Waals surface area (Å²) in [5, 5.41) is 2.62. The number of hydrogen-bond acceptors (Lipinski definition) is 6. The van der Waals surface area contributed by atoms with Crippen LogP contribution in [0, 0.1) is 0 Å². The first kappa shape index (κ1) is 22.3. The van der Waals surface area contributed by atoms with Gasteiger partial charge in [0.25, 0.3) is 0 Å². The number of fused-ring (bicyclic) bond motifs is 1. The standard InChI is InChI=1S/C19H15ClF6N6/c20-12-5-10-13(6-9(12)16-11(18(21,22)23)1-2-15(27)31-16)29-8-30-17(10)32-4-3-28-14(7-32)19(24,25)26/h1-2,5-6,8,14,28H,3-4,7H2,(H2,27,31)/t14-/m0/s1. The second kappa shape index (κ2) is 7.93. The van der Waals surface area contributed by atoms with Crippen molar-refractivity contribution >= 4 is 34.1 Å². The van der Waals surface area contributed by atoms with Crippen molar-refractivity contribution in [2.24, 2.45) is 0 Å². The molecule has 0 saturated carbocycles. The lowest BCUT2D eigenvalue weighted by atomic mass is 10.0. The number of hydrogen-bond donors (Lipinski definition) is 2. The maximum absolute atomic E-state index is 13.5. The van der Waals surface area contributed by atoms with Gasteiger partial charge in [-0.1, -0.05) is 11.6 Å². The Morgan fingerprint density at radius 3 is 2.53 bits per heavy atom. The van der Waals surface area contributed by atoms with Gasteiger partial charge in [-0.2, -0.15) is 26.3 Å². The van der Waals surface area contributed by atoms with Gasteiger partial charge in [0.2, 0.25) is 0 Å². The van der Waals surface area contributed by atoms with Crippen molar-refractivity contribution < 1.29 is 26.3 Å². The number of benzene rings is 1. The van der Waals surface area contributed by atoms with Crippen molar-refractivity contribution in [3.05, 3.63) is 41.2 Å². The fourth-order valence-corrected chi connectivity index (χ4v) is 3.82. The van der Waals surface area contributed by atoms with E-state index in [0.717, 1.165) is 18.5 Å². The van der Waals surface area contributed by atoms with E-state index < -0.39 is 29.7 Å². The molecule has 170 valence electrons. The van der Waals surface area contributed by atoms with Gasteiger partial charge in [0.05, 0.1) is 21.8 Å². The lowest BCUT2D eigenvalue weighted by molar-refractivity contribution is -0.155. The van der Waals surface area contributed by atoms with Gasteiger partial charge < -0.3 is 16.0 Å². The summed E-state index contributed by atoms with van der Waals surface area (Å²) in [6, 6.07) is 2.72. The third-order valence-corrected chi connectivity index (χ3v) is 5.36. The predicted octanol–water partition coefficient (Wildman–Crippen LogP) is 4.29. The highest BCUT2D eigenvalue weighted by Crippen LogP contribution is 2.41. The molecule has 6 nitrogen and oxygen atoms in total. The van der Waals surface area contributed by atoms with Crippen LogP contribution in [0.3, 0.4) is 0 Å². The SMILES string of the molecule is Nc1ccc(C(F)(F)F)c(-c2cc3ncnc(N4CCN[C@H](C(F)(F)F)C4)c3cc2Cl)n1. The van der Waals surface area contributed by atoms with Gasteiger partial charge in [0, 0.05) is 30.6 Å². The zero-order chi connectivity index (χ0) is 23.3. The average Bonchev–Trinajstić information content (AvgIpc) is 2.71. The fourth-order valence-electron chi connectivity index (χ4n) is 3.57. The van der Waals surface area contributed by atoms with Crippen molar-refractivity contribution in [1.82, 2.24) is 20.3 Å². The van der Waals surface area contributed by atoms with Gasteiger partial charge in [-0.15, -0.1) is 0 Å². The van der Waals surface area contributed by atoms with Crippen molar-refractivity contribution in [2.75, 3.05) is 30.3 Å². The number of pyridine rings is 1. The minimum absolute atomic E-state index is 0.0584. The summed E-state index contributed by atoms with van der Waals surface area (Å²) in [5.41, 5.74) is 4.23. The Bertz CT molecular complexity index is 1170. The maximum atomic E-state index is 13.5. The van der Waals surface area contributed by atoms with E-state index in [4.69, 9.17) is 17.3 Å². The number of nitrogen functional groups attached to an aromatic ring is 1. The molecule has 1 fully saturated rings. The van der Waals surface area contributed by atoms with E-state index in [1.54, 1.807) is 0 Å². The summed E-state index contributed by atoms with van der Waals surface area (Å²) in [7, 11) is 0. The van der Waals surface area contributed by atoms with Crippen LogP contribution in [0.15, 0.2) is 30.6 Å². The number of aromatic nitrogens is 3. The number of nitrogens with two attached hydrogens (primary N) is 1. The molecule has 1 saturated heterocycles. The molecule has 3 heterocycles. The highest BCUT2D eigenvalue weighted by atomic mass is 35.5. The highest BCUT2D eigenvalue weighted by Gasteiger charge is 2.42. The molecular weight excluding hydrogens is 462 g/mol. The van der Waals surface area contributed by atoms with E-state index in [9.17, 15) is 26.3 Å². The van der Waals surface area contributed by atoms with Crippen molar-refractivity contribution in [3.8, 4) is 11.3 Å². The highest BCUT2D eigenvalue weighted by molar-refractivity contribution is 6.34. The molecule has 0 radical (unpaired) electrons. The summed E-state index contributed by atoms with van der Waals surface area (Å²) in [4.78, 5) is 13.4. The molecular formula is C19H15ClF6N6. The molecule has 0 bridgehead atoms. The molecule has 3 aromatic rings. The van der Waals surface area contributed by atoms with Gasteiger partial charge in [-0.25, -0.2) is 15.0 Å². The average molecular weight is 477 g/mol. The topological polar surface area (TPSA) is 80.0 Å². The number of piperazine rings is 1. The van der Waals surface area contributed by atoms with Crippen LogP contribution in [0.2, 0.25) is 5.02 Å². The molecule has 1 aliphatic rings. The van der Waals surface area contributed by atoms with E-state index >= 15 is 0 Å². The van der Waals surface area contributed by atoms with E-state index in [-0.39, 0.29) is 47.4 Å². The van der Waals surface area contributed by atoms with Crippen LogP contribution in [0.5, 0.6) is 0 Å². The summed E-state index contributed by atoms with van der Waals surface area (Å²) in [5.74, 6) is 0.0716. The summed E-state index contributed by atoms with van der Waals surface area (Å²) >= 11 is 6.31. The normalized spacial score (nSPS) is 17.7. The Hall–Kier alpha value is -2.86. The molecule has 0 unspecified atom stereocenters. The summed E-state index contributed by atoms with van der Waals surface area (Å²) in [6.07, 6.45) is -8.02. The van der Waals surface area contributed by atoms with Crippen molar-refractivity contribution in [2.45, 2.75) is 18.4 Å². The smallest absolute Gasteiger partial charge is 0.384 e. The number of halogens is 7. The minimum atomic E-state index is -4.71.